The van der Waals surface area contributed by atoms with E-state index in [-0.39, 0.29) is 11.3 Å². The van der Waals surface area contributed by atoms with Crippen molar-refractivity contribution in [3.63, 3.8) is 0 Å². The summed E-state index contributed by atoms with van der Waals surface area (Å²) in [5.41, 5.74) is 0.0451. The molecule has 0 radical (unpaired) electrons. The van der Waals surface area contributed by atoms with Crippen LogP contribution in [0.2, 0.25) is 0 Å². The van der Waals surface area contributed by atoms with Gasteiger partial charge in [0.1, 0.15) is 6.07 Å². The van der Waals surface area contributed by atoms with Crippen molar-refractivity contribution in [1.29, 1.82) is 5.26 Å². The first-order chi connectivity index (χ1) is 15.2. The van der Waals surface area contributed by atoms with Crippen molar-refractivity contribution in [2.24, 2.45) is 58.7 Å². The number of nitrogens with zero attached hydrogens (tertiary/aromatic N) is 3. The highest BCUT2D eigenvalue weighted by atomic mass is 16.3. The number of nitriles is 1. The van der Waals surface area contributed by atoms with Crippen molar-refractivity contribution in [3.05, 3.63) is 18.0 Å². The second-order valence-electron chi connectivity index (χ2n) is 12.6. The standard InChI is InChI=1S/C27H37N3O2/c1-15-22-23(15)25(21(31)14-30-11-8-17(13-28)29-30)27(3)10-7-19-18-6-9-26(2,32)12-16(18)4-5-20(19)24(22)27/h8,11,15-16,18-20,22-25,32H,4-7,9-10,12,14H2,1-3H3/t15-,16+,18-,19+,20+,22+,23-,24+,25-,26+,27-/m0/s1. The van der Waals surface area contributed by atoms with Gasteiger partial charge in [0.25, 0.3) is 0 Å². The molecule has 0 aromatic carbocycles. The lowest BCUT2D eigenvalue weighted by Gasteiger charge is -2.58. The minimum Gasteiger partial charge on any atom is -0.390 e. The molecule has 5 fully saturated rings. The number of Topliss-reactive ketones (excluding diaryl/α,β-unsaturated/α-hetero) is 1. The number of ketones is 1. The van der Waals surface area contributed by atoms with Gasteiger partial charge in [-0.15, -0.1) is 0 Å². The summed E-state index contributed by atoms with van der Waals surface area (Å²) in [5, 5.41) is 24.0. The maximum atomic E-state index is 13.6. The van der Waals surface area contributed by atoms with Gasteiger partial charge in [0.05, 0.1) is 12.1 Å². The Labute approximate surface area is 191 Å². The number of carbonyl (C=O) groups is 1. The Morgan fingerprint density at radius 3 is 2.72 bits per heavy atom. The van der Waals surface area contributed by atoms with Crippen LogP contribution in [0.4, 0.5) is 0 Å². The summed E-state index contributed by atoms with van der Waals surface area (Å²) < 4.78 is 1.67. The fourth-order valence-corrected chi connectivity index (χ4v) is 9.85. The molecule has 0 unspecified atom stereocenters. The van der Waals surface area contributed by atoms with Crippen LogP contribution >= 0.6 is 0 Å². The largest absolute Gasteiger partial charge is 0.390 e. The Morgan fingerprint density at radius 1 is 1.19 bits per heavy atom. The fourth-order valence-electron chi connectivity index (χ4n) is 9.85. The molecular weight excluding hydrogens is 398 g/mol. The van der Waals surface area contributed by atoms with Crippen LogP contribution in [0, 0.1) is 70.0 Å². The Balaban J connectivity index is 1.25. The summed E-state index contributed by atoms with van der Waals surface area (Å²) in [4.78, 5) is 13.6. The van der Waals surface area contributed by atoms with E-state index in [2.05, 4.69) is 25.0 Å². The molecule has 0 spiro atoms. The summed E-state index contributed by atoms with van der Waals surface area (Å²) in [5.74, 6) is 6.15. The summed E-state index contributed by atoms with van der Waals surface area (Å²) in [6.45, 7) is 7.16. The molecule has 5 nitrogen and oxygen atoms in total. The molecule has 5 heteroatoms. The van der Waals surface area contributed by atoms with Crippen molar-refractivity contribution >= 4 is 5.78 Å². The topological polar surface area (TPSA) is 78.9 Å². The predicted octanol–water partition coefficient (Wildman–Crippen LogP) is 4.45. The summed E-state index contributed by atoms with van der Waals surface area (Å²) in [7, 11) is 0. The highest BCUT2D eigenvalue weighted by Gasteiger charge is 2.73. The molecule has 5 aliphatic rings. The van der Waals surface area contributed by atoms with Crippen molar-refractivity contribution in [3.8, 4) is 6.07 Å². The molecule has 6 rings (SSSR count). The lowest BCUT2D eigenvalue weighted by atomic mass is 9.47. The molecule has 0 aliphatic heterocycles. The zero-order valence-electron chi connectivity index (χ0n) is 19.7. The van der Waals surface area contributed by atoms with E-state index in [1.807, 2.05) is 6.92 Å². The Morgan fingerprint density at radius 2 is 1.97 bits per heavy atom. The zero-order chi connectivity index (χ0) is 22.4. The van der Waals surface area contributed by atoms with Gasteiger partial charge >= 0.3 is 0 Å². The molecule has 5 aliphatic carbocycles. The van der Waals surface area contributed by atoms with Crippen LogP contribution in [-0.2, 0) is 11.3 Å². The molecular formula is C27H37N3O2. The van der Waals surface area contributed by atoms with E-state index in [1.54, 1.807) is 16.9 Å². The second-order valence-corrected chi connectivity index (χ2v) is 12.6. The van der Waals surface area contributed by atoms with E-state index in [9.17, 15) is 9.90 Å². The van der Waals surface area contributed by atoms with Crippen LogP contribution < -0.4 is 0 Å². The number of rotatable bonds is 3. The second kappa shape index (κ2) is 6.92. The molecule has 1 heterocycles. The van der Waals surface area contributed by atoms with E-state index in [4.69, 9.17) is 5.26 Å². The van der Waals surface area contributed by atoms with Crippen LogP contribution in [0.5, 0.6) is 0 Å². The van der Waals surface area contributed by atoms with E-state index in [1.165, 1.54) is 32.1 Å². The van der Waals surface area contributed by atoms with Gasteiger partial charge in [-0.1, -0.05) is 13.8 Å². The maximum absolute atomic E-state index is 13.6. The highest BCUT2D eigenvalue weighted by molar-refractivity contribution is 5.83. The van der Waals surface area contributed by atoms with Gasteiger partial charge in [-0.05, 0) is 111 Å². The predicted molar refractivity (Wildman–Crippen MR) is 120 cm³/mol. The SMILES string of the molecule is C[C@H]1[C@@H]2[C@H]1[C@H](C(=O)Cn1ccc(C#N)n1)[C@@]1(C)CC[C@H]3[C@@H](CC[C@@H]4C[C@](C)(O)CC[C@@H]43)[C@H]21. The first-order valence-corrected chi connectivity index (χ1v) is 12.9. The Hall–Kier alpha value is -1.67. The Bertz CT molecular complexity index is 976. The van der Waals surface area contributed by atoms with Gasteiger partial charge in [-0.2, -0.15) is 10.4 Å². The molecule has 11 atom stereocenters. The number of carbonyl (C=O) groups excluding carboxylic acids is 1. The van der Waals surface area contributed by atoms with Gasteiger partial charge in [0.15, 0.2) is 11.5 Å². The lowest BCUT2D eigenvalue weighted by Crippen LogP contribution is -2.52. The third-order valence-corrected chi connectivity index (χ3v) is 11.0. The molecule has 0 bridgehead atoms. The average Bonchev–Trinajstić information content (AvgIpc) is 3.09. The van der Waals surface area contributed by atoms with Crippen molar-refractivity contribution < 1.29 is 9.90 Å². The third-order valence-electron chi connectivity index (χ3n) is 11.0. The van der Waals surface area contributed by atoms with Gasteiger partial charge in [0.2, 0.25) is 0 Å². The van der Waals surface area contributed by atoms with Crippen LogP contribution in [0.25, 0.3) is 0 Å². The number of fused-ring (bicyclic) bond motifs is 7. The fraction of sp³-hybridized carbons (Fsp3) is 0.815. The first-order valence-electron chi connectivity index (χ1n) is 12.9. The summed E-state index contributed by atoms with van der Waals surface area (Å²) >= 11 is 0. The van der Waals surface area contributed by atoms with E-state index < -0.39 is 5.60 Å². The van der Waals surface area contributed by atoms with E-state index in [0.29, 0.717) is 41.7 Å². The van der Waals surface area contributed by atoms with E-state index in [0.717, 1.165) is 36.5 Å². The van der Waals surface area contributed by atoms with Crippen molar-refractivity contribution in [2.75, 3.05) is 0 Å². The molecule has 172 valence electrons. The number of hydrogen-bond donors (Lipinski definition) is 1. The minimum atomic E-state index is -0.462. The maximum Gasteiger partial charge on any atom is 0.162 e. The normalized spacial score (nSPS) is 51.0. The Kier molecular flexibility index (Phi) is 4.52. The molecule has 32 heavy (non-hydrogen) atoms. The van der Waals surface area contributed by atoms with Crippen LogP contribution in [0.15, 0.2) is 12.3 Å². The number of aromatic nitrogens is 2. The van der Waals surface area contributed by atoms with Crippen molar-refractivity contribution in [2.45, 2.75) is 77.9 Å². The molecule has 1 aromatic rings. The van der Waals surface area contributed by atoms with Crippen LogP contribution in [0.1, 0.15) is 71.4 Å². The lowest BCUT2D eigenvalue weighted by molar-refractivity contribution is -0.137. The zero-order valence-corrected chi connectivity index (χ0v) is 19.7. The average molecular weight is 436 g/mol. The molecule has 0 saturated heterocycles. The third kappa shape index (κ3) is 2.91. The smallest absolute Gasteiger partial charge is 0.162 e. The number of aliphatic hydroxyl groups is 1. The molecule has 1 N–H and O–H groups in total. The minimum absolute atomic E-state index is 0.123. The summed E-state index contributed by atoms with van der Waals surface area (Å²) in [6, 6.07) is 3.76. The van der Waals surface area contributed by atoms with Crippen LogP contribution in [-0.4, -0.2) is 26.3 Å². The van der Waals surface area contributed by atoms with E-state index >= 15 is 0 Å². The quantitative estimate of drug-likeness (QED) is 0.761. The first kappa shape index (κ1) is 20.9. The number of hydrogen-bond acceptors (Lipinski definition) is 4. The molecule has 0 amide bonds. The van der Waals surface area contributed by atoms with Crippen molar-refractivity contribution in [1.82, 2.24) is 9.78 Å². The monoisotopic (exact) mass is 435 g/mol. The molecule has 1 aromatic heterocycles. The molecule has 5 saturated carbocycles. The van der Waals surface area contributed by atoms with Gasteiger partial charge in [-0.3, -0.25) is 9.48 Å². The van der Waals surface area contributed by atoms with Gasteiger partial charge in [-0.25, -0.2) is 0 Å². The van der Waals surface area contributed by atoms with Gasteiger partial charge in [0, 0.05) is 12.1 Å². The highest BCUT2D eigenvalue weighted by Crippen LogP contribution is 2.76. The van der Waals surface area contributed by atoms with Gasteiger partial charge < -0.3 is 5.11 Å². The van der Waals surface area contributed by atoms with Crippen LogP contribution in [0.3, 0.4) is 0 Å². The summed E-state index contributed by atoms with van der Waals surface area (Å²) in [6.07, 6.45) is 9.91.